The second-order valence-corrected chi connectivity index (χ2v) is 3.92. The van der Waals surface area contributed by atoms with E-state index < -0.39 is 16.9 Å². The van der Waals surface area contributed by atoms with E-state index in [1.165, 1.54) is 18.2 Å². The predicted octanol–water partition coefficient (Wildman–Crippen LogP) is 0.830. The molecule has 18 heavy (non-hydrogen) atoms. The Labute approximate surface area is 108 Å². The van der Waals surface area contributed by atoms with Crippen molar-refractivity contribution >= 4 is 23.2 Å². The molecule has 1 atom stereocenters. The Balaban J connectivity index is 2.56. The van der Waals surface area contributed by atoms with Crippen molar-refractivity contribution in [1.29, 1.82) is 0 Å². The first-order chi connectivity index (χ1) is 8.41. The topological polar surface area (TPSA) is 121 Å². The molecule has 1 amide bonds. The van der Waals surface area contributed by atoms with Crippen LogP contribution in [-0.4, -0.2) is 23.5 Å². The number of nitro benzene ring substituents is 1. The molecule has 98 valence electrons. The van der Waals surface area contributed by atoms with E-state index >= 15 is 0 Å². The summed E-state index contributed by atoms with van der Waals surface area (Å²) in [7, 11) is 0. The van der Waals surface area contributed by atoms with E-state index in [0.717, 1.165) is 0 Å². The Hall–Kier alpha value is -1.86. The molecule has 0 aliphatic carbocycles. The molecule has 0 heterocycles. The number of rotatable bonds is 6. The van der Waals surface area contributed by atoms with E-state index in [1.54, 1.807) is 0 Å². The molecule has 0 aliphatic heterocycles. The smallest absolute Gasteiger partial charge is 0.288 e. The van der Waals surface area contributed by atoms with Gasteiger partial charge in [-0.3, -0.25) is 14.9 Å². The summed E-state index contributed by atoms with van der Waals surface area (Å²) in [6.07, 6.45) is 0.254. The molecule has 1 unspecified atom stereocenters. The molecule has 4 N–H and O–H groups in total. The summed E-state index contributed by atoms with van der Waals surface area (Å²) in [6, 6.07) is 3.21. The predicted molar refractivity (Wildman–Crippen MR) is 65.4 cm³/mol. The van der Waals surface area contributed by atoms with Crippen molar-refractivity contribution in [3.8, 4) is 5.75 Å². The molecule has 1 rings (SSSR count). The summed E-state index contributed by atoms with van der Waals surface area (Å²) in [5, 5.41) is 10.5. The summed E-state index contributed by atoms with van der Waals surface area (Å²) in [4.78, 5) is 20.6. The SMILES string of the molecule is NC(=O)C(N)CCOc1ccc([N+](=O)[O-])c(Cl)c1. The van der Waals surface area contributed by atoms with Crippen LogP contribution in [0, 0.1) is 10.1 Å². The molecule has 0 saturated carbocycles. The van der Waals surface area contributed by atoms with E-state index in [9.17, 15) is 14.9 Å². The minimum Gasteiger partial charge on any atom is -0.493 e. The van der Waals surface area contributed by atoms with Gasteiger partial charge in [0.1, 0.15) is 10.8 Å². The Morgan fingerprint density at radius 2 is 2.22 bits per heavy atom. The second-order valence-electron chi connectivity index (χ2n) is 3.52. The summed E-state index contributed by atoms with van der Waals surface area (Å²) < 4.78 is 5.25. The third-order valence-corrected chi connectivity index (χ3v) is 2.48. The van der Waals surface area contributed by atoms with Crippen LogP contribution in [-0.2, 0) is 4.79 Å². The molecule has 0 spiro atoms. The van der Waals surface area contributed by atoms with Crippen molar-refractivity contribution in [2.24, 2.45) is 11.5 Å². The fourth-order valence-corrected chi connectivity index (χ4v) is 1.41. The van der Waals surface area contributed by atoms with Gasteiger partial charge in [0, 0.05) is 18.6 Å². The van der Waals surface area contributed by atoms with Crippen LogP contribution >= 0.6 is 11.6 Å². The third kappa shape index (κ3) is 3.86. The molecule has 0 aromatic heterocycles. The lowest BCUT2D eigenvalue weighted by atomic mass is 10.2. The molecule has 1 aromatic rings. The lowest BCUT2D eigenvalue weighted by Crippen LogP contribution is -2.37. The van der Waals surface area contributed by atoms with Crippen LogP contribution in [0.1, 0.15) is 6.42 Å². The zero-order valence-corrected chi connectivity index (χ0v) is 10.1. The maximum atomic E-state index is 10.7. The fraction of sp³-hybridized carbons (Fsp3) is 0.300. The summed E-state index contributed by atoms with van der Waals surface area (Å²) in [5.74, 6) is -0.248. The van der Waals surface area contributed by atoms with Gasteiger partial charge in [-0.1, -0.05) is 11.6 Å². The molecule has 1 aromatic carbocycles. The van der Waals surface area contributed by atoms with E-state index in [2.05, 4.69) is 0 Å². The highest BCUT2D eigenvalue weighted by Gasteiger charge is 2.13. The second kappa shape index (κ2) is 6.18. The molecule has 8 heteroatoms. The average molecular weight is 274 g/mol. The quantitative estimate of drug-likeness (QED) is 0.587. The van der Waals surface area contributed by atoms with Crippen LogP contribution in [0.5, 0.6) is 5.75 Å². The van der Waals surface area contributed by atoms with Crippen LogP contribution < -0.4 is 16.2 Å². The number of halogens is 1. The van der Waals surface area contributed by atoms with Gasteiger partial charge in [0.2, 0.25) is 5.91 Å². The highest BCUT2D eigenvalue weighted by Crippen LogP contribution is 2.28. The number of ether oxygens (including phenoxy) is 1. The third-order valence-electron chi connectivity index (χ3n) is 2.18. The lowest BCUT2D eigenvalue weighted by molar-refractivity contribution is -0.384. The first kappa shape index (κ1) is 14.2. The Kier molecular flexibility index (Phi) is 4.87. The van der Waals surface area contributed by atoms with Crippen molar-refractivity contribution in [2.75, 3.05) is 6.61 Å². The van der Waals surface area contributed by atoms with Crippen LogP contribution in [0.15, 0.2) is 18.2 Å². The van der Waals surface area contributed by atoms with Crippen molar-refractivity contribution in [3.63, 3.8) is 0 Å². The van der Waals surface area contributed by atoms with Gasteiger partial charge in [0.15, 0.2) is 0 Å². The minimum atomic E-state index is -0.779. The molecule has 0 radical (unpaired) electrons. The number of nitrogens with zero attached hydrogens (tertiary/aromatic N) is 1. The molecule has 0 fully saturated rings. The van der Waals surface area contributed by atoms with Gasteiger partial charge in [-0.25, -0.2) is 0 Å². The van der Waals surface area contributed by atoms with E-state index in [-0.39, 0.29) is 23.7 Å². The first-order valence-corrected chi connectivity index (χ1v) is 5.41. The van der Waals surface area contributed by atoms with Crippen LogP contribution in [0.4, 0.5) is 5.69 Å². The van der Waals surface area contributed by atoms with Crippen LogP contribution in [0.2, 0.25) is 5.02 Å². The Bertz CT molecular complexity index is 466. The maximum Gasteiger partial charge on any atom is 0.288 e. The highest BCUT2D eigenvalue weighted by atomic mass is 35.5. The van der Waals surface area contributed by atoms with Gasteiger partial charge in [-0.15, -0.1) is 0 Å². The number of carbonyl (C=O) groups is 1. The Morgan fingerprint density at radius 1 is 1.56 bits per heavy atom. The number of nitrogens with two attached hydrogens (primary N) is 2. The number of carbonyl (C=O) groups excluding carboxylic acids is 1. The number of hydrogen-bond acceptors (Lipinski definition) is 5. The molecule has 0 aliphatic rings. The van der Waals surface area contributed by atoms with E-state index in [1.807, 2.05) is 0 Å². The van der Waals surface area contributed by atoms with Gasteiger partial charge in [-0.05, 0) is 6.07 Å². The molecule has 0 bridgehead atoms. The van der Waals surface area contributed by atoms with Crippen molar-refractivity contribution < 1.29 is 14.5 Å². The van der Waals surface area contributed by atoms with Gasteiger partial charge >= 0.3 is 0 Å². The maximum absolute atomic E-state index is 10.7. The zero-order valence-electron chi connectivity index (χ0n) is 9.34. The monoisotopic (exact) mass is 273 g/mol. The zero-order chi connectivity index (χ0) is 13.7. The number of benzene rings is 1. The van der Waals surface area contributed by atoms with Crippen LogP contribution in [0.3, 0.4) is 0 Å². The largest absolute Gasteiger partial charge is 0.493 e. The number of hydrogen-bond donors (Lipinski definition) is 2. The van der Waals surface area contributed by atoms with Crippen molar-refractivity contribution in [1.82, 2.24) is 0 Å². The standard InChI is InChI=1S/C10H12ClN3O4/c11-7-5-6(1-2-9(7)14(16)17)18-4-3-8(12)10(13)15/h1-2,5,8H,3-4,12H2,(H2,13,15). The van der Waals surface area contributed by atoms with Gasteiger partial charge in [0.05, 0.1) is 17.6 Å². The molecular formula is C10H12ClN3O4. The highest BCUT2D eigenvalue weighted by molar-refractivity contribution is 6.32. The van der Waals surface area contributed by atoms with Gasteiger partial charge < -0.3 is 16.2 Å². The summed E-state index contributed by atoms with van der Waals surface area (Å²) in [5.41, 5.74) is 10.2. The normalized spacial score (nSPS) is 11.9. The number of amides is 1. The van der Waals surface area contributed by atoms with Crippen molar-refractivity contribution in [2.45, 2.75) is 12.5 Å². The molecule has 0 saturated heterocycles. The van der Waals surface area contributed by atoms with Gasteiger partial charge in [0.25, 0.3) is 5.69 Å². The molecular weight excluding hydrogens is 262 g/mol. The molecule has 7 nitrogen and oxygen atoms in total. The minimum absolute atomic E-state index is 0.0169. The fourth-order valence-electron chi connectivity index (χ4n) is 1.17. The average Bonchev–Trinajstić information content (AvgIpc) is 2.28. The summed E-state index contributed by atoms with van der Waals surface area (Å²) in [6.45, 7) is 0.165. The first-order valence-electron chi connectivity index (χ1n) is 5.03. The van der Waals surface area contributed by atoms with Crippen molar-refractivity contribution in [3.05, 3.63) is 33.3 Å². The number of primary amides is 1. The lowest BCUT2D eigenvalue weighted by Gasteiger charge is -2.09. The summed E-state index contributed by atoms with van der Waals surface area (Å²) >= 11 is 5.70. The van der Waals surface area contributed by atoms with E-state index in [4.69, 9.17) is 27.8 Å². The van der Waals surface area contributed by atoms with E-state index in [0.29, 0.717) is 5.75 Å². The van der Waals surface area contributed by atoms with Gasteiger partial charge in [-0.2, -0.15) is 0 Å². The Morgan fingerprint density at radius 3 is 2.72 bits per heavy atom. The van der Waals surface area contributed by atoms with Crippen LogP contribution in [0.25, 0.3) is 0 Å². The number of nitro groups is 1.